The molecule has 1 aliphatic rings. The third-order valence-corrected chi connectivity index (χ3v) is 3.71. The summed E-state index contributed by atoms with van der Waals surface area (Å²) in [5.41, 5.74) is -1.66. The average molecular weight is 322 g/mol. The van der Waals surface area contributed by atoms with Crippen LogP contribution in [0, 0.1) is 5.92 Å². The number of halogens is 2. The number of alkyl halides is 1. The molecule has 0 radical (unpaired) electrons. The van der Waals surface area contributed by atoms with E-state index >= 15 is 4.39 Å². The van der Waals surface area contributed by atoms with Crippen LogP contribution in [0.15, 0.2) is 48.3 Å². The largest absolute Gasteiger partial charge is 0.349 e. The second kappa shape index (κ2) is 7.62. The van der Waals surface area contributed by atoms with E-state index in [4.69, 9.17) is 9.47 Å². The summed E-state index contributed by atoms with van der Waals surface area (Å²) < 4.78 is 40.3. The molecule has 124 valence electrons. The summed E-state index contributed by atoms with van der Waals surface area (Å²) in [6.45, 7) is 4.35. The minimum atomic E-state index is -2.27. The van der Waals surface area contributed by atoms with Crippen LogP contribution in [0.4, 0.5) is 8.78 Å². The fraction of sp³-hybridized carbons (Fsp3) is 0.389. The van der Waals surface area contributed by atoms with Crippen molar-refractivity contribution in [1.29, 1.82) is 0 Å². The molecule has 0 N–H and O–H groups in total. The van der Waals surface area contributed by atoms with Crippen LogP contribution < -0.4 is 0 Å². The molecule has 2 rings (SSSR count). The maximum atomic E-state index is 15.6. The second-order valence-electron chi connectivity index (χ2n) is 5.15. The van der Waals surface area contributed by atoms with Crippen molar-refractivity contribution in [2.45, 2.75) is 25.8 Å². The smallest absolute Gasteiger partial charge is 0.184 e. The zero-order chi connectivity index (χ0) is 16.9. The van der Waals surface area contributed by atoms with Gasteiger partial charge in [0.1, 0.15) is 12.1 Å². The lowest BCUT2D eigenvalue weighted by Gasteiger charge is -2.32. The molecule has 0 aliphatic heterocycles. The molecule has 1 aromatic rings. The minimum Gasteiger partial charge on any atom is -0.349 e. The van der Waals surface area contributed by atoms with Gasteiger partial charge in [-0.15, -0.1) is 0 Å². The fourth-order valence-electron chi connectivity index (χ4n) is 2.66. The zero-order valence-electron chi connectivity index (χ0n) is 13.2. The van der Waals surface area contributed by atoms with Crippen LogP contribution in [-0.4, -0.2) is 19.5 Å². The predicted molar refractivity (Wildman–Crippen MR) is 83.1 cm³/mol. The first kappa shape index (κ1) is 17.5. The molecule has 5 heteroatoms. The van der Waals surface area contributed by atoms with Gasteiger partial charge in [-0.1, -0.05) is 30.3 Å². The number of ether oxygens (including phenoxy) is 2. The van der Waals surface area contributed by atoms with Gasteiger partial charge in [-0.2, -0.15) is 0 Å². The van der Waals surface area contributed by atoms with Gasteiger partial charge in [0.25, 0.3) is 0 Å². The number of aldehydes is 1. The minimum absolute atomic E-state index is 0.170. The molecule has 1 aromatic carbocycles. The van der Waals surface area contributed by atoms with Crippen LogP contribution in [0.3, 0.4) is 0 Å². The molecule has 0 fully saturated rings. The Bertz CT molecular complexity index is 606. The van der Waals surface area contributed by atoms with Gasteiger partial charge in [0.05, 0.1) is 5.92 Å². The summed E-state index contributed by atoms with van der Waals surface area (Å²) in [5.74, 6) is -1.82. The number of rotatable bonds is 7. The third-order valence-electron chi connectivity index (χ3n) is 3.71. The summed E-state index contributed by atoms with van der Waals surface area (Å²) in [5, 5.41) is 0. The first-order valence-corrected chi connectivity index (χ1v) is 7.60. The van der Waals surface area contributed by atoms with E-state index in [0.29, 0.717) is 25.1 Å². The standard InChI is InChI=1S/C18H20F2O3/c1-3-22-17(23-4-2)15-7-5-6-8-16(15)18(20)11-14(19)10-9-13(18)12-21/h5-13,17H,3-4H2,1-2H3. The van der Waals surface area contributed by atoms with Gasteiger partial charge >= 0.3 is 0 Å². The fourth-order valence-corrected chi connectivity index (χ4v) is 2.66. The maximum Gasteiger partial charge on any atom is 0.184 e. The first-order valence-electron chi connectivity index (χ1n) is 7.60. The number of carbonyl (C=O) groups is 1. The monoisotopic (exact) mass is 322 g/mol. The van der Waals surface area contributed by atoms with Crippen LogP contribution in [0.2, 0.25) is 0 Å². The molecule has 0 spiro atoms. The number of hydrogen-bond donors (Lipinski definition) is 0. The van der Waals surface area contributed by atoms with Gasteiger partial charge in [-0.05, 0) is 26.0 Å². The van der Waals surface area contributed by atoms with Gasteiger partial charge in [-0.3, -0.25) is 0 Å². The van der Waals surface area contributed by atoms with E-state index in [-0.39, 0.29) is 5.56 Å². The Labute approximate surface area is 134 Å². The first-order chi connectivity index (χ1) is 11.1. The molecular formula is C18H20F2O3. The van der Waals surface area contributed by atoms with Crippen LogP contribution in [0.25, 0.3) is 0 Å². The van der Waals surface area contributed by atoms with E-state index in [1.54, 1.807) is 32.0 Å². The van der Waals surface area contributed by atoms with Crippen molar-refractivity contribution in [3.8, 4) is 0 Å². The van der Waals surface area contributed by atoms with E-state index in [1.165, 1.54) is 12.1 Å². The van der Waals surface area contributed by atoms with Crippen molar-refractivity contribution >= 4 is 6.29 Å². The lowest BCUT2D eigenvalue weighted by Crippen LogP contribution is -2.32. The number of carbonyl (C=O) groups excluding carboxylic acids is 1. The molecule has 2 unspecified atom stereocenters. The maximum absolute atomic E-state index is 15.6. The Balaban J connectivity index is 2.54. The Morgan fingerprint density at radius 1 is 1.26 bits per heavy atom. The zero-order valence-corrected chi connectivity index (χ0v) is 13.2. The highest BCUT2D eigenvalue weighted by Gasteiger charge is 2.42. The molecule has 0 heterocycles. The van der Waals surface area contributed by atoms with Gasteiger partial charge < -0.3 is 14.3 Å². The summed E-state index contributed by atoms with van der Waals surface area (Å²) in [4.78, 5) is 11.3. The predicted octanol–water partition coefficient (Wildman–Crippen LogP) is 4.16. The normalized spacial score (nSPS) is 23.9. The topological polar surface area (TPSA) is 35.5 Å². The Hall–Kier alpha value is -1.85. The van der Waals surface area contributed by atoms with E-state index in [2.05, 4.69) is 0 Å². The molecule has 23 heavy (non-hydrogen) atoms. The van der Waals surface area contributed by atoms with E-state index in [0.717, 1.165) is 12.2 Å². The number of allylic oxidation sites excluding steroid dienone is 4. The lowest BCUT2D eigenvalue weighted by atomic mass is 9.78. The van der Waals surface area contributed by atoms with Crippen molar-refractivity contribution in [3.63, 3.8) is 0 Å². The number of hydrogen-bond acceptors (Lipinski definition) is 3. The molecule has 2 atom stereocenters. The molecule has 0 saturated carbocycles. The van der Waals surface area contributed by atoms with Gasteiger partial charge in [0.15, 0.2) is 12.0 Å². The van der Waals surface area contributed by atoms with Crippen LogP contribution in [0.5, 0.6) is 0 Å². The summed E-state index contributed by atoms with van der Waals surface area (Å²) >= 11 is 0. The molecule has 0 saturated heterocycles. The quantitative estimate of drug-likeness (QED) is 0.558. The summed E-state index contributed by atoms with van der Waals surface area (Å²) in [6.07, 6.45) is 2.87. The highest BCUT2D eigenvalue weighted by Crippen LogP contribution is 2.43. The second-order valence-corrected chi connectivity index (χ2v) is 5.15. The Kier molecular flexibility index (Phi) is 5.80. The van der Waals surface area contributed by atoms with E-state index < -0.39 is 23.7 Å². The summed E-state index contributed by atoms with van der Waals surface area (Å²) in [6, 6.07) is 6.56. The number of benzene rings is 1. The van der Waals surface area contributed by atoms with Crippen molar-refractivity contribution in [1.82, 2.24) is 0 Å². The lowest BCUT2D eigenvalue weighted by molar-refractivity contribution is -0.141. The van der Waals surface area contributed by atoms with Crippen molar-refractivity contribution in [2.24, 2.45) is 5.92 Å². The highest BCUT2D eigenvalue weighted by molar-refractivity contribution is 5.63. The summed E-state index contributed by atoms with van der Waals surface area (Å²) in [7, 11) is 0. The molecule has 0 aromatic heterocycles. The Morgan fingerprint density at radius 2 is 1.91 bits per heavy atom. The SMILES string of the molecule is CCOC(OCC)c1ccccc1C1(F)C=C(F)C=CC1C=O. The van der Waals surface area contributed by atoms with Gasteiger partial charge in [-0.25, -0.2) is 8.78 Å². The molecule has 0 bridgehead atoms. The average Bonchev–Trinajstić information content (AvgIpc) is 2.55. The van der Waals surface area contributed by atoms with Crippen molar-refractivity contribution < 1.29 is 23.0 Å². The van der Waals surface area contributed by atoms with Crippen LogP contribution in [0.1, 0.15) is 31.3 Å². The van der Waals surface area contributed by atoms with Gasteiger partial charge in [0, 0.05) is 24.3 Å². The highest BCUT2D eigenvalue weighted by atomic mass is 19.1. The third kappa shape index (κ3) is 3.57. The molecule has 1 aliphatic carbocycles. The van der Waals surface area contributed by atoms with Gasteiger partial charge in [0.2, 0.25) is 0 Å². The molecular weight excluding hydrogens is 302 g/mol. The van der Waals surface area contributed by atoms with Crippen molar-refractivity contribution in [2.75, 3.05) is 13.2 Å². The van der Waals surface area contributed by atoms with Crippen molar-refractivity contribution in [3.05, 3.63) is 59.4 Å². The Morgan fingerprint density at radius 3 is 2.52 bits per heavy atom. The van der Waals surface area contributed by atoms with Crippen LogP contribution >= 0.6 is 0 Å². The van der Waals surface area contributed by atoms with E-state index in [1.807, 2.05) is 0 Å². The molecule has 0 amide bonds. The van der Waals surface area contributed by atoms with Crippen LogP contribution in [-0.2, 0) is 19.9 Å². The molecule has 3 nitrogen and oxygen atoms in total. The van der Waals surface area contributed by atoms with E-state index in [9.17, 15) is 9.18 Å².